The van der Waals surface area contributed by atoms with Crippen molar-refractivity contribution in [3.63, 3.8) is 0 Å². The van der Waals surface area contributed by atoms with Gasteiger partial charge in [0.15, 0.2) is 0 Å². The summed E-state index contributed by atoms with van der Waals surface area (Å²) in [6.07, 6.45) is 3.47. The molecule has 0 fully saturated rings. The fraction of sp³-hybridized carbons (Fsp3) is 0.167. The Morgan fingerprint density at radius 3 is 2.58 bits per heavy atom. The lowest BCUT2D eigenvalue weighted by molar-refractivity contribution is 0.474. The van der Waals surface area contributed by atoms with Crippen LogP contribution in [-0.4, -0.2) is 24.5 Å². The van der Waals surface area contributed by atoms with Crippen LogP contribution in [-0.2, 0) is 0 Å². The van der Waals surface area contributed by atoms with Crippen LogP contribution in [0.2, 0.25) is 0 Å². The summed E-state index contributed by atoms with van der Waals surface area (Å²) in [5.74, 6) is -0.0163. The van der Waals surface area contributed by atoms with Crippen LogP contribution in [0.3, 0.4) is 0 Å². The molecule has 0 saturated carbocycles. The summed E-state index contributed by atoms with van der Waals surface area (Å²) in [5, 5.41) is 10.1. The number of rotatable bonds is 1. The molecule has 0 spiro atoms. The van der Waals surface area contributed by atoms with E-state index in [1.807, 2.05) is 31.2 Å². The second kappa shape index (κ2) is 4.99. The van der Waals surface area contributed by atoms with Gasteiger partial charge < -0.3 is 5.11 Å². The molecule has 0 atom stereocenters. The van der Waals surface area contributed by atoms with Gasteiger partial charge in [-0.3, -0.25) is 9.38 Å². The zero-order chi connectivity index (χ0) is 17.0. The minimum atomic E-state index is -0.518. The standard InChI is InChI=1S/C18H15FN4O/c1-9-8-20-5-4-13(9)18-22-11(3)17-10(2)21-16-14(23(17)18)6-12(19)7-15(16)24/h4-8,24H,1-3H3. The fourth-order valence-corrected chi connectivity index (χ4v) is 3.17. The highest BCUT2D eigenvalue weighted by molar-refractivity contribution is 5.87. The molecule has 120 valence electrons. The van der Waals surface area contributed by atoms with Crippen molar-refractivity contribution in [3.05, 3.63) is 53.4 Å². The number of aromatic hydroxyl groups is 1. The van der Waals surface area contributed by atoms with E-state index in [9.17, 15) is 9.50 Å². The maximum absolute atomic E-state index is 13.9. The van der Waals surface area contributed by atoms with Crippen LogP contribution >= 0.6 is 0 Å². The van der Waals surface area contributed by atoms with E-state index in [0.29, 0.717) is 16.9 Å². The van der Waals surface area contributed by atoms with Gasteiger partial charge in [-0.05, 0) is 32.4 Å². The van der Waals surface area contributed by atoms with E-state index in [4.69, 9.17) is 0 Å². The first-order chi connectivity index (χ1) is 11.5. The molecule has 5 nitrogen and oxygen atoms in total. The van der Waals surface area contributed by atoms with Crippen LogP contribution in [0.1, 0.15) is 17.0 Å². The Bertz CT molecular complexity index is 1120. The van der Waals surface area contributed by atoms with E-state index >= 15 is 0 Å². The van der Waals surface area contributed by atoms with Crippen molar-refractivity contribution < 1.29 is 9.50 Å². The van der Waals surface area contributed by atoms with Crippen LogP contribution in [0, 0.1) is 26.6 Å². The Balaban J connectivity index is 2.26. The normalized spacial score (nSPS) is 11.5. The van der Waals surface area contributed by atoms with Gasteiger partial charge in [0.05, 0.1) is 22.4 Å². The number of fused-ring (bicyclic) bond motifs is 3. The van der Waals surface area contributed by atoms with Crippen molar-refractivity contribution in [2.45, 2.75) is 20.8 Å². The summed E-state index contributed by atoms with van der Waals surface area (Å²) in [6, 6.07) is 4.32. The van der Waals surface area contributed by atoms with Gasteiger partial charge in [0.2, 0.25) is 0 Å². The van der Waals surface area contributed by atoms with E-state index < -0.39 is 5.82 Å². The van der Waals surface area contributed by atoms with Gasteiger partial charge >= 0.3 is 0 Å². The summed E-state index contributed by atoms with van der Waals surface area (Å²) >= 11 is 0. The van der Waals surface area contributed by atoms with Crippen molar-refractivity contribution in [3.8, 4) is 17.1 Å². The van der Waals surface area contributed by atoms with Gasteiger partial charge in [-0.2, -0.15) is 0 Å². The third-order valence-corrected chi connectivity index (χ3v) is 4.21. The fourth-order valence-electron chi connectivity index (χ4n) is 3.17. The molecule has 4 aromatic rings. The van der Waals surface area contributed by atoms with Gasteiger partial charge in [-0.25, -0.2) is 14.4 Å². The molecule has 0 unspecified atom stereocenters. The Kier molecular flexibility index (Phi) is 3.03. The van der Waals surface area contributed by atoms with Crippen LogP contribution in [0.15, 0.2) is 30.6 Å². The van der Waals surface area contributed by atoms with Gasteiger partial charge in [0, 0.05) is 30.1 Å². The van der Waals surface area contributed by atoms with E-state index in [1.54, 1.807) is 12.4 Å². The number of nitrogens with zero attached hydrogens (tertiary/aromatic N) is 4. The highest BCUT2D eigenvalue weighted by Crippen LogP contribution is 2.32. The number of hydrogen-bond acceptors (Lipinski definition) is 4. The number of imidazole rings is 1. The number of halogens is 1. The molecule has 0 aliphatic rings. The molecule has 1 N–H and O–H groups in total. The number of benzene rings is 1. The number of aryl methyl sites for hydroxylation is 3. The second-order valence-electron chi connectivity index (χ2n) is 5.89. The van der Waals surface area contributed by atoms with Crippen molar-refractivity contribution >= 4 is 16.6 Å². The molecule has 4 rings (SSSR count). The summed E-state index contributed by atoms with van der Waals surface area (Å²) in [6.45, 7) is 5.71. The Morgan fingerprint density at radius 1 is 1.08 bits per heavy atom. The molecule has 1 aromatic carbocycles. The van der Waals surface area contributed by atoms with Crippen molar-refractivity contribution in [2.75, 3.05) is 0 Å². The zero-order valence-electron chi connectivity index (χ0n) is 13.5. The van der Waals surface area contributed by atoms with Gasteiger partial charge in [0.1, 0.15) is 22.9 Å². The van der Waals surface area contributed by atoms with E-state index in [0.717, 1.165) is 34.1 Å². The third kappa shape index (κ3) is 1.96. The smallest absolute Gasteiger partial charge is 0.146 e. The number of pyridine rings is 1. The van der Waals surface area contributed by atoms with Crippen molar-refractivity contribution in [1.82, 2.24) is 19.4 Å². The molecule has 3 heterocycles. The average Bonchev–Trinajstić information content (AvgIpc) is 2.87. The first-order valence-corrected chi connectivity index (χ1v) is 7.56. The predicted molar refractivity (Wildman–Crippen MR) is 89.6 cm³/mol. The summed E-state index contributed by atoms with van der Waals surface area (Å²) in [4.78, 5) is 13.2. The van der Waals surface area contributed by atoms with E-state index in [-0.39, 0.29) is 5.75 Å². The predicted octanol–water partition coefficient (Wildman–Crippen LogP) is 3.71. The molecule has 0 aliphatic carbocycles. The molecule has 0 radical (unpaired) electrons. The third-order valence-electron chi connectivity index (χ3n) is 4.21. The van der Waals surface area contributed by atoms with E-state index in [2.05, 4.69) is 15.0 Å². The van der Waals surface area contributed by atoms with Crippen molar-refractivity contribution in [1.29, 1.82) is 0 Å². The number of phenolic OH excluding ortho intramolecular Hbond substituents is 1. The highest BCUT2D eigenvalue weighted by Gasteiger charge is 2.19. The van der Waals surface area contributed by atoms with Crippen LogP contribution in [0.5, 0.6) is 5.75 Å². The number of aromatic nitrogens is 4. The average molecular weight is 322 g/mol. The van der Waals surface area contributed by atoms with Crippen LogP contribution in [0.25, 0.3) is 27.9 Å². The van der Waals surface area contributed by atoms with Gasteiger partial charge in [0.25, 0.3) is 0 Å². The molecule has 6 heteroatoms. The Hall–Kier alpha value is -3.02. The zero-order valence-corrected chi connectivity index (χ0v) is 13.5. The molecule has 24 heavy (non-hydrogen) atoms. The highest BCUT2D eigenvalue weighted by atomic mass is 19.1. The summed E-state index contributed by atoms with van der Waals surface area (Å²) < 4.78 is 15.8. The van der Waals surface area contributed by atoms with Crippen molar-refractivity contribution in [2.24, 2.45) is 0 Å². The topological polar surface area (TPSA) is 63.3 Å². The van der Waals surface area contributed by atoms with Crippen LogP contribution in [0.4, 0.5) is 4.39 Å². The van der Waals surface area contributed by atoms with Crippen LogP contribution < -0.4 is 0 Å². The first kappa shape index (κ1) is 14.6. The van der Waals surface area contributed by atoms with E-state index in [1.165, 1.54) is 6.07 Å². The molecular formula is C18H15FN4O. The molecule has 0 aliphatic heterocycles. The SMILES string of the molecule is Cc1cnccc1-c1nc(C)c2c(C)nc3c(O)cc(F)cc3n12. The largest absolute Gasteiger partial charge is 0.505 e. The number of hydrogen-bond donors (Lipinski definition) is 1. The maximum atomic E-state index is 13.9. The lowest BCUT2D eigenvalue weighted by atomic mass is 10.1. The lowest BCUT2D eigenvalue weighted by Crippen LogP contribution is -1.99. The van der Waals surface area contributed by atoms with Gasteiger partial charge in [-0.1, -0.05) is 0 Å². The minimum Gasteiger partial charge on any atom is -0.505 e. The molecular weight excluding hydrogens is 307 g/mol. The molecule has 0 amide bonds. The Labute approximate surface area is 137 Å². The second-order valence-corrected chi connectivity index (χ2v) is 5.89. The molecule has 0 saturated heterocycles. The molecule has 0 bridgehead atoms. The molecule has 3 aromatic heterocycles. The lowest BCUT2D eigenvalue weighted by Gasteiger charge is -2.10. The quantitative estimate of drug-likeness (QED) is 0.580. The number of phenols is 1. The minimum absolute atomic E-state index is 0.182. The summed E-state index contributed by atoms with van der Waals surface area (Å²) in [7, 11) is 0. The summed E-state index contributed by atoms with van der Waals surface area (Å²) in [5.41, 5.74) is 5.06. The first-order valence-electron chi connectivity index (χ1n) is 7.56. The monoisotopic (exact) mass is 322 g/mol. The van der Waals surface area contributed by atoms with Gasteiger partial charge in [-0.15, -0.1) is 0 Å². The maximum Gasteiger partial charge on any atom is 0.146 e. The Morgan fingerprint density at radius 2 is 1.83 bits per heavy atom.